The van der Waals surface area contributed by atoms with E-state index in [9.17, 15) is 0 Å². The first-order valence-corrected chi connectivity index (χ1v) is 12.3. The molecule has 0 saturated carbocycles. The van der Waals surface area contributed by atoms with Crippen molar-refractivity contribution in [2.75, 3.05) is 24.6 Å². The zero-order chi connectivity index (χ0) is 21.1. The second-order valence-corrected chi connectivity index (χ2v) is 11.3. The molecule has 0 aliphatic carbocycles. The normalized spacial score (nSPS) is 12.6. The number of unbranched alkanes of at least 4 members (excludes halogenated alkanes) is 2. The van der Waals surface area contributed by atoms with Gasteiger partial charge in [-0.2, -0.15) is 0 Å². The van der Waals surface area contributed by atoms with E-state index >= 15 is 0 Å². The molecule has 2 rings (SSSR count). The molecular weight excluding hydrogens is 374 g/mol. The van der Waals surface area contributed by atoms with Gasteiger partial charge in [0.1, 0.15) is 5.76 Å². The quantitative estimate of drug-likeness (QED) is 0.280. The summed E-state index contributed by atoms with van der Waals surface area (Å²) in [5, 5.41) is 0.401. The highest BCUT2D eigenvalue weighted by Crippen LogP contribution is 2.32. The molecule has 2 aromatic rings. The molecule has 0 spiro atoms. The third-order valence-electron chi connectivity index (χ3n) is 5.88. The Morgan fingerprint density at radius 3 is 2.45 bits per heavy atom. The highest BCUT2D eigenvalue weighted by atomic mass is 28.2. The fourth-order valence-electron chi connectivity index (χ4n) is 3.02. The standard InChI is InChI=1S/C25H39NO2Si/c1-6-26(18-8-7-9-20-28-29-25(4,5)21(2)3)23-15-12-22(13-16-23)14-17-24-11-10-19-27-24/h10-17,19,21H,6-9,18,20,29H2,1-5H3. The van der Waals surface area contributed by atoms with Gasteiger partial charge < -0.3 is 13.7 Å². The average molecular weight is 414 g/mol. The van der Waals surface area contributed by atoms with E-state index in [1.165, 1.54) is 30.5 Å². The molecular formula is C25H39NO2Si. The van der Waals surface area contributed by atoms with E-state index in [0.29, 0.717) is 11.0 Å². The summed E-state index contributed by atoms with van der Waals surface area (Å²) in [7, 11) is -0.449. The molecule has 0 saturated heterocycles. The van der Waals surface area contributed by atoms with Crippen LogP contribution in [0.1, 0.15) is 65.2 Å². The van der Waals surface area contributed by atoms with Crippen molar-refractivity contribution < 1.29 is 8.84 Å². The zero-order valence-electron chi connectivity index (χ0n) is 19.0. The molecule has 0 aliphatic heterocycles. The van der Waals surface area contributed by atoms with Crippen LogP contribution in [0.15, 0.2) is 47.1 Å². The summed E-state index contributed by atoms with van der Waals surface area (Å²) in [5.41, 5.74) is 2.48. The molecule has 0 atom stereocenters. The van der Waals surface area contributed by atoms with Crippen LogP contribution in [0, 0.1) is 5.92 Å². The number of hydrogen-bond acceptors (Lipinski definition) is 3. The first-order valence-electron chi connectivity index (χ1n) is 11.1. The van der Waals surface area contributed by atoms with Crippen molar-refractivity contribution in [2.45, 2.75) is 58.9 Å². The Kier molecular flexibility index (Phi) is 9.75. The fraction of sp³-hybridized carbons (Fsp3) is 0.520. The number of anilines is 1. The second kappa shape index (κ2) is 12.0. The molecule has 4 heteroatoms. The van der Waals surface area contributed by atoms with Gasteiger partial charge in [-0.15, -0.1) is 0 Å². The highest BCUT2D eigenvalue weighted by Gasteiger charge is 2.23. The topological polar surface area (TPSA) is 25.6 Å². The molecule has 160 valence electrons. The lowest BCUT2D eigenvalue weighted by molar-refractivity contribution is 0.292. The van der Waals surface area contributed by atoms with Crippen LogP contribution in [-0.4, -0.2) is 29.5 Å². The van der Waals surface area contributed by atoms with Crippen LogP contribution in [0.4, 0.5) is 5.69 Å². The average Bonchev–Trinajstić information content (AvgIpc) is 3.22. The lowest BCUT2D eigenvalue weighted by Gasteiger charge is -2.28. The lowest BCUT2D eigenvalue weighted by Crippen LogP contribution is -2.24. The lowest BCUT2D eigenvalue weighted by atomic mass is 9.99. The molecule has 0 N–H and O–H groups in total. The van der Waals surface area contributed by atoms with Crippen molar-refractivity contribution in [3.05, 3.63) is 54.0 Å². The Balaban J connectivity index is 1.69. The van der Waals surface area contributed by atoms with Gasteiger partial charge in [-0.05, 0) is 73.0 Å². The highest BCUT2D eigenvalue weighted by molar-refractivity contribution is 6.32. The first kappa shape index (κ1) is 23.5. The van der Waals surface area contributed by atoms with E-state index in [4.69, 9.17) is 8.84 Å². The summed E-state index contributed by atoms with van der Waals surface area (Å²) in [6, 6.07) is 12.6. The summed E-state index contributed by atoms with van der Waals surface area (Å²) < 4.78 is 11.4. The van der Waals surface area contributed by atoms with Crippen molar-refractivity contribution in [1.29, 1.82) is 0 Å². The Morgan fingerprint density at radius 2 is 1.83 bits per heavy atom. The predicted octanol–water partition coefficient (Wildman–Crippen LogP) is 6.40. The molecule has 1 aromatic heterocycles. The van der Waals surface area contributed by atoms with Crippen molar-refractivity contribution in [3.63, 3.8) is 0 Å². The van der Waals surface area contributed by atoms with Crippen molar-refractivity contribution in [2.24, 2.45) is 5.92 Å². The van der Waals surface area contributed by atoms with Crippen molar-refractivity contribution in [1.82, 2.24) is 0 Å². The van der Waals surface area contributed by atoms with E-state index in [-0.39, 0.29) is 0 Å². The van der Waals surface area contributed by atoms with E-state index in [0.717, 1.165) is 25.5 Å². The second-order valence-electron chi connectivity index (χ2n) is 8.78. The first-order chi connectivity index (χ1) is 13.9. The molecule has 3 nitrogen and oxygen atoms in total. The third-order valence-corrected chi connectivity index (χ3v) is 7.93. The summed E-state index contributed by atoms with van der Waals surface area (Å²) in [5.74, 6) is 1.59. The molecule has 1 heterocycles. The van der Waals surface area contributed by atoms with Gasteiger partial charge in [-0.1, -0.05) is 45.9 Å². The van der Waals surface area contributed by atoms with Crippen LogP contribution >= 0.6 is 0 Å². The Morgan fingerprint density at radius 1 is 1.07 bits per heavy atom. The minimum absolute atomic E-state index is 0.401. The molecule has 0 fully saturated rings. The van der Waals surface area contributed by atoms with Gasteiger partial charge in [0.25, 0.3) is 0 Å². The fourth-order valence-corrected chi connectivity index (χ4v) is 4.22. The third kappa shape index (κ3) is 8.23. The number of furan rings is 1. The van der Waals surface area contributed by atoms with E-state index in [1.54, 1.807) is 6.26 Å². The maximum absolute atomic E-state index is 6.05. The van der Waals surface area contributed by atoms with Gasteiger partial charge in [-0.3, -0.25) is 0 Å². The minimum Gasteiger partial charge on any atom is -0.465 e. The van der Waals surface area contributed by atoms with Gasteiger partial charge in [0.05, 0.1) is 6.26 Å². The molecule has 0 amide bonds. The molecule has 1 aromatic carbocycles. The van der Waals surface area contributed by atoms with Gasteiger partial charge in [-0.25, -0.2) is 0 Å². The Labute approximate surface area is 180 Å². The minimum atomic E-state index is -0.449. The number of hydrogen-bond donors (Lipinski definition) is 0. The van der Waals surface area contributed by atoms with Gasteiger partial charge in [0.15, 0.2) is 9.76 Å². The molecule has 0 unspecified atom stereocenters. The van der Waals surface area contributed by atoms with Crippen LogP contribution in [0.5, 0.6) is 0 Å². The largest absolute Gasteiger partial charge is 0.465 e. The van der Waals surface area contributed by atoms with Crippen molar-refractivity contribution >= 4 is 27.6 Å². The summed E-state index contributed by atoms with van der Waals surface area (Å²) in [6.07, 6.45) is 9.41. The monoisotopic (exact) mass is 413 g/mol. The summed E-state index contributed by atoms with van der Waals surface area (Å²) in [4.78, 5) is 2.46. The maximum atomic E-state index is 6.05. The molecule has 0 radical (unpaired) electrons. The number of nitrogens with zero attached hydrogens (tertiary/aromatic N) is 1. The van der Waals surface area contributed by atoms with E-state index < -0.39 is 9.76 Å². The van der Waals surface area contributed by atoms with Crippen LogP contribution in [-0.2, 0) is 4.43 Å². The summed E-state index contributed by atoms with van der Waals surface area (Å²) >= 11 is 0. The Bertz CT molecular complexity index is 705. The number of benzene rings is 1. The van der Waals surface area contributed by atoms with Gasteiger partial charge in [0.2, 0.25) is 0 Å². The van der Waals surface area contributed by atoms with Crippen LogP contribution in [0.3, 0.4) is 0 Å². The van der Waals surface area contributed by atoms with Crippen LogP contribution in [0.25, 0.3) is 12.2 Å². The number of rotatable bonds is 13. The SMILES string of the molecule is CCN(CCCCCO[SiH2]C(C)(C)C(C)C)c1ccc(C=Cc2ccco2)cc1. The Hall–Kier alpha value is -1.78. The van der Waals surface area contributed by atoms with Crippen molar-refractivity contribution in [3.8, 4) is 0 Å². The van der Waals surface area contributed by atoms with Gasteiger partial charge in [0, 0.05) is 25.4 Å². The zero-order valence-corrected chi connectivity index (χ0v) is 20.4. The smallest absolute Gasteiger partial charge is 0.167 e. The molecule has 29 heavy (non-hydrogen) atoms. The van der Waals surface area contributed by atoms with Gasteiger partial charge >= 0.3 is 0 Å². The molecule has 0 aliphatic rings. The molecule has 0 bridgehead atoms. The van der Waals surface area contributed by atoms with E-state index in [2.05, 4.69) is 69.9 Å². The van der Waals surface area contributed by atoms with E-state index in [1.807, 2.05) is 18.2 Å². The predicted molar refractivity (Wildman–Crippen MR) is 129 cm³/mol. The summed E-state index contributed by atoms with van der Waals surface area (Å²) in [6.45, 7) is 14.6. The van der Waals surface area contributed by atoms with Crippen LogP contribution < -0.4 is 4.90 Å². The van der Waals surface area contributed by atoms with Crippen LogP contribution in [0.2, 0.25) is 5.04 Å². The maximum Gasteiger partial charge on any atom is 0.167 e.